The standard InChI is InChI=1S/C22H23NO5/c1-26-18-7-5-15(6-8-18)19(24)3-2-4-22(25)23-10-9-16-11-20-21(28-14-27-20)12-17(16)13-23/h5-8,11-12H,2-4,9-10,13-14H2,1H3. The van der Waals surface area contributed by atoms with E-state index in [4.69, 9.17) is 14.2 Å². The number of fused-ring (bicyclic) bond motifs is 2. The van der Waals surface area contributed by atoms with E-state index < -0.39 is 0 Å². The molecule has 2 aliphatic rings. The lowest BCUT2D eigenvalue weighted by molar-refractivity contribution is -0.132. The molecule has 1 amide bonds. The van der Waals surface area contributed by atoms with Gasteiger partial charge in [-0.15, -0.1) is 0 Å². The molecule has 0 bridgehead atoms. The first kappa shape index (κ1) is 18.3. The van der Waals surface area contributed by atoms with E-state index in [0.29, 0.717) is 37.9 Å². The third kappa shape index (κ3) is 3.81. The van der Waals surface area contributed by atoms with E-state index in [1.54, 1.807) is 31.4 Å². The molecule has 2 heterocycles. The van der Waals surface area contributed by atoms with Crippen LogP contribution in [0.25, 0.3) is 0 Å². The second-order valence-electron chi connectivity index (χ2n) is 7.04. The molecule has 0 saturated heterocycles. The molecule has 0 aliphatic carbocycles. The maximum absolute atomic E-state index is 12.6. The molecule has 6 heteroatoms. The highest BCUT2D eigenvalue weighted by molar-refractivity contribution is 5.96. The van der Waals surface area contributed by atoms with E-state index in [9.17, 15) is 9.59 Å². The van der Waals surface area contributed by atoms with Gasteiger partial charge in [0, 0.05) is 31.5 Å². The van der Waals surface area contributed by atoms with E-state index in [1.807, 2.05) is 17.0 Å². The average Bonchev–Trinajstić information content (AvgIpc) is 3.18. The van der Waals surface area contributed by atoms with Gasteiger partial charge in [0.1, 0.15) is 5.75 Å². The van der Waals surface area contributed by atoms with Gasteiger partial charge in [-0.05, 0) is 60.4 Å². The Morgan fingerprint density at radius 1 is 1.04 bits per heavy atom. The predicted molar refractivity (Wildman–Crippen MR) is 103 cm³/mol. The van der Waals surface area contributed by atoms with Crippen LogP contribution in [-0.2, 0) is 17.8 Å². The van der Waals surface area contributed by atoms with Crippen LogP contribution in [-0.4, -0.2) is 37.0 Å². The maximum Gasteiger partial charge on any atom is 0.231 e. The summed E-state index contributed by atoms with van der Waals surface area (Å²) in [4.78, 5) is 26.7. The number of nitrogens with zero attached hydrogens (tertiary/aromatic N) is 1. The summed E-state index contributed by atoms with van der Waals surface area (Å²) in [7, 11) is 1.59. The van der Waals surface area contributed by atoms with Crippen LogP contribution in [0.1, 0.15) is 40.7 Å². The minimum absolute atomic E-state index is 0.0483. The highest BCUT2D eigenvalue weighted by atomic mass is 16.7. The predicted octanol–water partition coefficient (Wildman–Crippen LogP) is 3.36. The van der Waals surface area contributed by atoms with Gasteiger partial charge < -0.3 is 19.1 Å². The average molecular weight is 381 g/mol. The number of methoxy groups -OCH3 is 1. The van der Waals surface area contributed by atoms with Crippen molar-refractivity contribution in [2.75, 3.05) is 20.4 Å². The Labute approximate surface area is 164 Å². The molecule has 2 aromatic rings. The number of carbonyl (C=O) groups is 2. The van der Waals surface area contributed by atoms with Gasteiger partial charge in [-0.25, -0.2) is 0 Å². The fraction of sp³-hybridized carbons (Fsp3) is 0.364. The highest BCUT2D eigenvalue weighted by Crippen LogP contribution is 2.36. The monoisotopic (exact) mass is 381 g/mol. The molecule has 0 spiro atoms. The van der Waals surface area contributed by atoms with Crippen LogP contribution in [0.4, 0.5) is 0 Å². The Kier molecular flexibility index (Phi) is 5.19. The lowest BCUT2D eigenvalue weighted by Crippen LogP contribution is -2.35. The van der Waals surface area contributed by atoms with Crippen LogP contribution in [0.15, 0.2) is 36.4 Å². The van der Waals surface area contributed by atoms with Gasteiger partial charge in [-0.1, -0.05) is 0 Å². The number of rotatable bonds is 6. The van der Waals surface area contributed by atoms with E-state index >= 15 is 0 Å². The molecule has 0 radical (unpaired) electrons. The van der Waals surface area contributed by atoms with Crippen LogP contribution in [0.2, 0.25) is 0 Å². The molecule has 0 atom stereocenters. The van der Waals surface area contributed by atoms with Crippen molar-refractivity contribution in [1.82, 2.24) is 4.90 Å². The van der Waals surface area contributed by atoms with Gasteiger partial charge in [-0.3, -0.25) is 9.59 Å². The molecule has 28 heavy (non-hydrogen) atoms. The number of benzene rings is 2. The molecule has 6 nitrogen and oxygen atoms in total. The third-order valence-corrected chi connectivity index (χ3v) is 5.27. The lowest BCUT2D eigenvalue weighted by Gasteiger charge is -2.29. The SMILES string of the molecule is COc1ccc(C(=O)CCCC(=O)N2CCc3cc4c(cc3C2)OCO4)cc1. The molecule has 2 aliphatic heterocycles. The quantitative estimate of drug-likeness (QED) is 0.718. The fourth-order valence-electron chi connectivity index (χ4n) is 3.64. The summed E-state index contributed by atoms with van der Waals surface area (Å²) in [5.41, 5.74) is 2.97. The van der Waals surface area contributed by atoms with Crippen LogP contribution in [0.5, 0.6) is 17.2 Å². The Balaban J connectivity index is 1.29. The number of Topliss-reactive ketones (excluding diaryl/α,β-unsaturated/α-hetero) is 1. The lowest BCUT2D eigenvalue weighted by atomic mass is 9.98. The first-order chi connectivity index (χ1) is 13.6. The Hall–Kier alpha value is -3.02. The summed E-state index contributed by atoms with van der Waals surface area (Å²) in [6, 6.07) is 11.1. The molecule has 0 fully saturated rings. The van der Waals surface area contributed by atoms with E-state index in [2.05, 4.69) is 0 Å². The van der Waals surface area contributed by atoms with E-state index in [1.165, 1.54) is 5.56 Å². The van der Waals surface area contributed by atoms with Gasteiger partial charge in [0.05, 0.1) is 7.11 Å². The van der Waals surface area contributed by atoms with Crippen molar-refractivity contribution in [1.29, 1.82) is 0 Å². The largest absolute Gasteiger partial charge is 0.497 e. The summed E-state index contributed by atoms with van der Waals surface area (Å²) in [6.07, 6.45) is 2.10. The Morgan fingerprint density at radius 3 is 2.46 bits per heavy atom. The minimum Gasteiger partial charge on any atom is -0.497 e. The van der Waals surface area contributed by atoms with Gasteiger partial charge in [0.15, 0.2) is 17.3 Å². The third-order valence-electron chi connectivity index (χ3n) is 5.27. The van der Waals surface area contributed by atoms with E-state index in [0.717, 1.165) is 29.2 Å². The molecule has 0 N–H and O–H groups in total. The van der Waals surface area contributed by atoms with Crippen LogP contribution in [0, 0.1) is 0 Å². The normalized spacial score (nSPS) is 14.5. The van der Waals surface area contributed by atoms with E-state index in [-0.39, 0.29) is 18.5 Å². The van der Waals surface area contributed by atoms with Gasteiger partial charge in [0.2, 0.25) is 12.7 Å². The van der Waals surface area contributed by atoms with Crippen LogP contribution < -0.4 is 14.2 Å². The summed E-state index contributed by atoms with van der Waals surface area (Å²) >= 11 is 0. The molecule has 146 valence electrons. The first-order valence-corrected chi connectivity index (χ1v) is 9.50. The first-order valence-electron chi connectivity index (χ1n) is 9.50. The van der Waals surface area contributed by atoms with Crippen molar-refractivity contribution >= 4 is 11.7 Å². The van der Waals surface area contributed by atoms with Crippen molar-refractivity contribution in [3.8, 4) is 17.2 Å². The van der Waals surface area contributed by atoms with Crippen LogP contribution >= 0.6 is 0 Å². The highest BCUT2D eigenvalue weighted by Gasteiger charge is 2.24. The Morgan fingerprint density at radius 2 is 1.75 bits per heavy atom. The number of hydrogen-bond donors (Lipinski definition) is 0. The zero-order chi connectivity index (χ0) is 19.5. The number of ketones is 1. The van der Waals surface area contributed by atoms with Crippen molar-refractivity contribution in [3.05, 3.63) is 53.1 Å². The van der Waals surface area contributed by atoms with Gasteiger partial charge in [0.25, 0.3) is 0 Å². The van der Waals surface area contributed by atoms with Gasteiger partial charge in [-0.2, -0.15) is 0 Å². The molecular formula is C22H23NO5. The Bertz CT molecular complexity index is 891. The van der Waals surface area contributed by atoms with Crippen molar-refractivity contribution in [2.45, 2.75) is 32.2 Å². The van der Waals surface area contributed by atoms with Crippen molar-refractivity contribution in [3.63, 3.8) is 0 Å². The second kappa shape index (κ2) is 7.92. The maximum atomic E-state index is 12.6. The topological polar surface area (TPSA) is 65.1 Å². The summed E-state index contributed by atoms with van der Waals surface area (Å²) < 4.78 is 16.0. The number of ether oxygens (including phenoxy) is 3. The van der Waals surface area contributed by atoms with Gasteiger partial charge >= 0.3 is 0 Å². The van der Waals surface area contributed by atoms with Crippen LogP contribution in [0.3, 0.4) is 0 Å². The zero-order valence-corrected chi connectivity index (χ0v) is 15.9. The fourth-order valence-corrected chi connectivity index (χ4v) is 3.64. The van der Waals surface area contributed by atoms with Crippen molar-refractivity contribution in [2.24, 2.45) is 0 Å². The molecule has 0 unspecified atom stereocenters. The molecular weight excluding hydrogens is 358 g/mol. The number of hydrogen-bond acceptors (Lipinski definition) is 5. The summed E-state index contributed by atoms with van der Waals surface area (Å²) in [5, 5.41) is 0. The molecule has 0 aromatic heterocycles. The minimum atomic E-state index is 0.0483. The second-order valence-corrected chi connectivity index (χ2v) is 7.04. The molecule has 0 saturated carbocycles. The zero-order valence-electron chi connectivity index (χ0n) is 15.9. The summed E-state index contributed by atoms with van der Waals surface area (Å²) in [5.74, 6) is 2.39. The number of amides is 1. The molecule has 4 rings (SSSR count). The summed E-state index contributed by atoms with van der Waals surface area (Å²) in [6.45, 7) is 1.53. The molecule has 2 aromatic carbocycles. The van der Waals surface area contributed by atoms with Crippen molar-refractivity contribution < 1.29 is 23.8 Å². The smallest absolute Gasteiger partial charge is 0.231 e. The number of carbonyl (C=O) groups excluding carboxylic acids is 2.